The largest absolute Gasteiger partial charge is 0.491 e. The zero-order valence-corrected chi connectivity index (χ0v) is 16.1. The number of rotatable bonds is 6. The number of thiazole rings is 1. The number of anilines is 1. The Balaban J connectivity index is 1.77. The molecule has 140 valence electrons. The van der Waals surface area contributed by atoms with E-state index >= 15 is 0 Å². The van der Waals surface area contributed by atoms with E-state index in [2.05, 4.69) is 10.3 Å². The quantitative estimate of drug-likeness (QED) is 0.633. The summed E-state index contributed by atoms with van der Waals surface area (Å²) in [7, 11) is 1.34. The van der Waals surface area contributed by atoms with Gasteiger partial charge in [0.15, 0.2) is 5.13 Å². The first-order chi connectivity index (χ1) is 13.0. The van der Waals surface area contributed by atoms with Crippen LogP contribution in [0.15, 0.2) is 42.5 Å². The molecule has 1 aromatic heterocycles. The van der Waals surface area contributed by atoms with Crippen LogP contribution in [0.2, 0.25) is 0 Å². The van der Waals surface area contributed by atoms with E-state index in [0.29, 0.717) is 27.5 Å². The first-order valence-electron chi connectivity index (χ1n) is 8.57. The maximum atomic E-state index is 12.5. The van der Waals surface area contributed by atoms with Crippen LogP contribution in [0.25, 0.3) is 10.2 Å². The van der Waals surface area contributed by atoms with Crippen LogP contribution < -0.4 is 10.1 Å². The van der Waals surface area contributed by atoms with Gasteiger partial charge in [0, 0.05) is 5.56 Å². The summed E-state index contributed by atoms with van der Waals surface area (Å²) >= 11 is 1.30. The van der Waals surface area contributed by atoms with Crippen LogP contribution in [0.3, 0.4) is 0 Å². The van der Waals surface area contributed by atoms with Crippen LogP contribution in [0, 0.1) is 0 Å². The molecule has 6 nitrogen and oxygen atoms in total. The SMILES string of the molecule is CC[C@@H](C)Oc1cccc(C(=O)Nc2nc3ccc(C(=O)OC)cc3s2)c1. The molecule has 7 heteroatoms. The highest BCUT2D eigenvalue weighted by molar-refractivity contribution is 7.22. The number of amides is 1. The highest BCUT2D eigenvalue weighted by Crippen LogP contribution is 2.27. The molecule has 0 aliphatic carbocycles. The molecule has 0 saturated carbocycles. The predicted molar refractivity (Wildman–Crippen MR) is 106 cm³/mol. The van der Waals surface area contributed by atoms with Gasteiger partial charge in [0.05, 0.1) is 29.0 Å². The number of esters is 1. The third-order valence-corrected chi connectivity index (χ3v) is 4.97. The smallest absolute Gasteiger partial charge is 0.337 e. The van der Waals surface area contributed by atoms with Gasteiger partial charge >= 0.3 is 5.97 Å². The number of fused-ring (bicyclic) bond motifs is 1. The number of carbonyl (C=O) groups is 2. The molecular formula is C20H20N2O4S. The van der Waals surface area contributed by atoms with Crippen LogP contribution >= 0.6 is 11.3 Å². The van der Waals surface area contributed by atoms with Crippen LogP contribution in [0.4, 0.5) is 5.13 Å². The van der Waals surface area contributed by atoms with Gasteiger partial charge in [0.2, 0.25) is 0 Å². The second-order valence-corrected chi connectivity index (χ2v) is 7.04. The molecule has 0 unspecified atom stereocenters. The fourth-order valence-electron chi connectivity index (χ4n) is 2.42. The van der Waals surface area contributed by atoms with Gasteiger partial charge in [-0.2, -0.15) is 0 Å². The Labute approximate surface area is 161 Å². The minimum atomic E-state index is -0.408. The van der Waals surface area contributed by atoms with Crippen LogP contribution in [0.5, 0.6) is 5.75 Å². The zero-order valence-electron chi connectivity index (χ0n) is 15.3. The van der Waals surface area contributed by atoms with Crippen molar-refractivity contribution in [3.05, 3.63) is 53.6 Å². The molecule has 3 rings (SSSR count). The Hall–Kier alpha value is -2.93. The van der Waals surface area contributed by atoms with E-state index in [4.69, 9.17) is 9.47 Å². The van der Waals surface area contributed by atoms with Crippen molar-refractivity contribution in [1.29, 1.82) is 0 Å². The minimum Gasteiger partial charge on any atom is -0.491 e. The number of aromatic nitrogens is 1. The van der Waals surface area contributed by atoms with Gasteiger partial charge in [-0.25, -0.2) is 9.78 Å². The molecule has 0 saturated heterocycles. The highest BCUT2D eigenvalue weighted by atomic mass is 32.1. The van der Waals surface area contributed by atoms with Crippen LogP contribution in [-0.4, -0.2) is 30.1 Å². The number of benzene rings is 2. The molecule has 1 amide bonds. The van der Waals surface area contributed by atoms with Gasteiger partial charge < -0.3 is 9.47 Å². The summed E-state index contributed by atoms with van der Waals surface area (Å²) in [6.07, 6.45) is 0.965. The van der Waals surface area contributed by atoms with Crippen molar-refractivity contribution in [3.8, 4) is 5.75 Å². The molecule has 1 N–H and O–H groups in total. The number of carbonyl (C=O) groups excluding carboxylic acids is 2. The van der Waals surface area contributed by atoms with Crippen molar-refractivity contribution in [2.75, 3.05) is 12.4 Å². The van der Waals surface area contributed by atoms with E-state index in [1.807, 2.05) is 19.9 Å². The molecule has 0 aliphatic rings. The third-order valence-electron chi connectivity index (χ3n) is 4.04. The molecule has 0 spiro atoms. The maximum absolute atomic E-state index is 12.5. The summed E-state index contributed by atoms with van der Waals surface area (Å²) < 4.78 is 11.3. The number of nitrogens with one attached hydrogen (secondary N) is 1. The van der Waals surface area contributed by atoms with Crippen LogP contribution in [0.1, 0.15) is 41.0 Å². The van der Waals surface area contributed by atoms with E-state index in [0.717, 1.165) is 11.1 Å². The first-order valence-corrected chi connectivity index (χ1v) is 9.38. The monoisotopic (exact) mass is 384 g/mol. The lowest BCUT2D eigenvalue weighted by Crippen LogP contribution is -2.13. The lowest BCUT2D eigenvalue weighted by molar-refractivity contribution is 0.0601. The number of methoxy groups -OCH3 is 1. The summed E-state index contributed by atoms with van der Waals surface area (Å²) in [4.78, 5) is 28.6. The molecule has 1 atom stereocenters. The molecule has 0 radical (unpaired) electrons. The summed E-state index contributed by atoms with van der Waals surface area (Å²) in [5.41, 5.74) is 1.64. The summed E-state index contributed by atoms with van der Waals surface area (Å²) in [5, 5.41) is 3.26. The molecule has 1 heterocycles. The fraction of sp³-hybridized carbons (Fsp3) is 0.250. The van der Waals surface area contributed by atoms with Crippen molar-refractivity contribution in [2.24, 2.45) is 0 Å². The average Bonchev–Trinajstić information content (AvgIpc) is 3.08. The van der Waals surface area contributed by atoms with E-state index in [1.165, 1.54) is 18.4 Å². The Kier molecular flexibility index (Phi) is 5.71. The van der Waals surface area contributed by atoms with E-state index < -0.39 is 5.97 Å². The van der Waals surface area contributed by atoms with Crippen molar-refractivity contribution in [2.45, 2.75) is 26.4 Å². The lowest BCUT2D eigenvalue weighted by Gasteiger charge is -2.13. The van der Waals surface area contributed by atoms with Gasteiger partial charge in [-0.15, -0.1) is 0 Å². The number of nitrogens with zero attached hydrogens (tertiary/aromatic N) is 1. The average molecular weight is 384 g/mol. The van der Waals surface area contributed by atoms with Crippen molar-refractivity contribution in [1.82, 2.24) is 4.98 Å². The number of hydrogen-bond acceptors (Lipinski definition) is 6. The standard InChI is InChI=1S/C20H20N2O4S/c1-4-12(2)26-15-7-5-6-13(10-15)18(23)22-20-21-16-9-8-14(19(24)25-3)11-17(16)27-20/h5-12H,4H2,1-3H3,(H,21,22,23)/t12-/m1/s1. The highest BCUT2D eigenvalue weighted by Gasteiger charge is 2.13. The van der Waals surface area contributed by atoms with Gasteiger partial charge in [-0.1, -0.05) is 24.3 Å². The Morgan fingerprint density at radius 3 is 2.74 bits per heavy atom. The molecule has 2 aromatic carbocycles. The van der Waals surface area contributed by atoms with Crippen LogP contribution in [-0.2, 0) is 4.74 Å². The van der Waals surface area contributed by atoms with Crippen molar-refractivity contribution in [3.63, 3.8) is 0 Å². The summed E-state index contributed by atoms with van der Waals surface area (Å²) in [5.74, 6) is -0.0186. The Morgan fingerprint density at radius 1 is 1.19 bits per heavy atom. The number of ether oxygens (including phenoxy) is 2. The molecule has 27 heavy (non-hydrogen) atoms. The molecule has 0 bridgehead atoms. The van der Waals surface area contributed by atoms with E-state index in [1.54, 1.807) is 36.4 Å². The Morgan fingerprint density at radius 2 is 2.00 bits per heavy atom. The molecule has 3 aromatic rings. The van der Waals surface area contributed by atoms with Crippen molar-refractivity contribution >= 4 is 38.6 Å². The normalized spacial score (nSPS) is 11.8. The lowest BCUT2D eigenvalue weighted by atomic mass is 10.2. The van der Waals surface area contributed by atoms with Crippen molar-refractivity contribution < 1.29 is 19.1 Å². The predicted octanol–water partition coefficient (Wildman–Crippen LogP) is 4.51. The molecule has 0 fully saturated rings. The first kappa shape index (κ1) is 18.8. The van der Waals surface area contributed by atoms with Gasteiger partial charge in [0.1, 0.15) is 5.75 Å². The Bertz CT molecular complexity index is 983. The summed E-state index contributed by atoms with van der Waals surface area (Å²) in [6, 6.07) is 12.1. The van der Waals surface area contributed by atoms with Gasteiger partial charge in [0.25, 0.3) is 5.91 Å². The van der Waals surface area contributed by atoms with E-state index in [-0.39, 0.29) is 12.0 Å². The van der Waals surface area contributed by atoms with Gasteiger partial charge in [-0.3, -0.25) is 10.1 Å². The number of hydrogen-bond donors (Lipinski definition) is 1. The van der Waals surface area contributed by atoms with Gasteiger partial charge in [-0.05, 0) is 49.7 Å². The third kappa shape index (κ3) is 4.43. The molecule has 0 aliphatic heterocycles. The second-order valence-electron chi connectivity index (χ2n) is 6.01. The molecular weight excluding hydrogens is 364 g/mol. The fourth-order valence-corrected chi connectivity index (χ4v) is 3.32. The second kappa shape index (κ2) is 8.18. The topological polar surface area (TPSA) is 77.5 Å². The minimum absolute atomic E-state index is 0.0802. The summed E-state index contributed by atoms with van der Waals surface area (Å²) in [6.45, 7) is 4.02. The maximum Gasteiger partial charge on any atom is 0.337 e. The van der Waals surface area contributed by atoms with E-state index in [9.17, 15) is 9.59 Å². The zero-order chi connectivity index (χ0) is 19.4.